The van der Waals surface area contributed by atoms with Crippen molar-refractivity contribution in [2.45, 2.75) is 6.54 Å². The van der Waals surface area contributed by atoms with Gasteiger partial charge < -0.3 is 9.64 Å². The van der Waals surface area contributed by atoms with Crippen LogP contribution in [0.1, 0.15) is 15.4 Å². The average Bonchev–Trinajstić information content (AvgIpc) is 3.61. The van der Waals surface area contributed by atoms with Gasteiger partial charge in [0, 0.05) is 43.7 Å². The van der Waals surface area contributed by atoms with E-state index in [2.05, 4.69) is 15.3 Å². The molecule has 1 fully saturated rings. The van der Waals surface area contributed by atoms with Crippen LogP contribution in [-0.2, 0) is 6.54 Å². The van der Waals surface area contributed by atoms with Crippen LogP contribution in [0.3, 0.4) is 0 Å². The smallest absolute Gasteiger partial charge is 0.265 e. The third-order valence-corrected chi connectivity index (χ3v) is 8.35. The molecular weight excluding hydrogens is 460 g/mol. The topological polar surface area (TPSA) is 58.6 Å². The number of aromatic nitrogens is 2. The highest BCUT2D eigenvalue weighted by molar-refractivity contribution is 7.22. The van der Waals surface area contributed by atoms with Crippen LogP contribution >= 0.6 is 34.0 Å². The lowest BCUT2D eigenvalue weighted by molar-refractivity contribution is 0.0632. The Morgan fingerprint density at radius 2 is 1.88 bits per heavy atom. The fourth-order valence-corrected chi connectivity index (χ4v) is 6.13. The van der Waals surface area contributed by atoms with E-state index in [1.807, 2.05) is 46.7 Å². The van der Waals surface area contributed by atoms with Gasteiger partial charge in [-0.3, -0.25) is 9.69 Å². The Morgan fingerprint density at radius 3 is 2.59 bits per heavy atom. The summed E-state index contributed by atoms with van der Waals surface area (Å²) in [6.07, 6.45) is 1.71. The number of piperazine rings is 1. The number of hydrogen-bond donors (Lipinski definition) is 0. The molecule has 0 atom stereocenters. The molecule has 0 N–H and O–H groups in total. The van der Waals surface area contributed by atoms with Gasteiger partial charge in [-0.05, 0) is 35.7 Å². The van der Waals surface area contributed by atoms with Gasteiger partial charge in [0.05, 0.1) is 23.9 Å². The van der Waals surface area contributed by atoms with Crippen molar-refractivity contribution < 1.29 is 9.53 Å². The first-order chi connectivity index (χ1) is 15.7. The normalized spacial score (nSPS) is 14.6. The maximum atomic E-state index is 12.9. The Bertz CT molecular complexity index is 1180. The Balaban J connectivity index is 1.16. The minimum atomic E-state index is 0.0837. The van der Waals surface area contributed by atoms with Gasteiger partial charge in [0.2, 0.25) is 0 Å². The van der Waals surface area contributed by atoms with Crippen molar-refractivity contribution in [1.82, 2.24) is 19.8 Å². The van der Waals surface area contributed by atoms with E-state index in [4.69, 9.17) is 9.72 Å². The summed E-state index contributed by atoms with van der Waals surface area (Å²) in [7, 11) is 1.67. The molecule has 0 bridgehead atoms. The molecule has 3 aromatic heterocycles. The first-order valence-corrected chi connectivity index (χ1v) is 12.9. The van der Waals surface area contributed by atoms with Crippen molar-refractivity contribution in [3.63, 3.8) is 0 Å². The van der Waals surface area contributed by atoms with Gasteiger partial charge >= 0.3 is 0 Å². The molecule has 1 saturated heterocycles. The standard InChI is InChI=1S/C23H22N4O2S3/c1-29-18-6-4-16(5-7-18)21-25-17(15-31-21)14-26-8-10-27(11-9-26)23(28)20-13-24-22(32-20)19-3-2-12-30-19/h2-7,12-13,15H,8-11,14H2,1H3. The van der Waals surface area contributed by atoms with E-state index in [-0.39, 0.29) is 5.91 Å². The summed E-state index contributed by atoms with van der Waals surface area (Å²) in [6.45, 7) is 3.94. The zero-order valence-electron chi connectivity index (χ0n) is 17.6. The Morgan fingerprint density at radius 1 is 1.06 bits per heavy atom. The number of thiophene rings is 1. The second kappa shape index (κ2) is 9.50. The zero-order valence-corrected chi connectivity index (χ0v) is 20.0. The van der Waals surface area contributed by atoms with Gasteiger partial charge in [-0.25, -0.2) is 9.97 Å². The van der Waals surface area contributed by atoms with Crippen molar-refractivity contribution in [2.75, 3.05) is 33.3 Å². The van der Waals surface area contributed by atoms with Crippen molar-refractivity contribution in [1.29, 1.82) is 0 Å². The molecule has 1 aromatic carbocycles. The molecule has 0 unspecified atom stereocenters. The van der Waals surface area contributed by atoms with E-state index in [0.29, 0.717) is 4.88 Å². The maximum absolute atomic E-state index is 12.9. The predicted molar refractivity (Wildman–Crippen MR) is 131 cm³/mol. The monoisotopic (exact) mass is 482 g/mol. The molecule has 0 radical (unpaired) electrons. The van der Waals surface area contributed by atoms with Gasteiger partial charge in [0.15, 0.2) is 0 Å². The van der Waals surface area contributed by atoms with E-state index in [0.717, 1.165) is 64.6 Å². The van der Waals surface area contributed by atoms with Gasteiger partial charge in [-0.1, -0.05) is 6.07 Å². The second-order valence-electron chi connectivity index (χ2n) is 7.45. The van der Waals surface area contributed by atoms with E-state index >= 15 is 0 Å². The quantitative estimate of drug-likeness (QED) is 0.389. The van der Waals surface area contributed by atoms with Crippen LogP contribution in [0.4, 0.5) is 0 Å². The molecule has 1 aliphatic rings. The first-order valence-electron chi connectivity index (χ1n) is 10.3. The summed E-state index contributed by atoms with van der Waals surface area (Å²) in [4.78, 5) is 28.3. The highest BCUT2D eigenvalue weighted by Crippen LogP contribution is 2.30. The van der Waals surface area contributed by atoms with E-state index in [1.54, 1.807) is 36.0 Å². The molecule has 1 amide bonds. The number of amides is 1. The molecule has 4 heterocycles. The third-order valence-electron chi connectivity index (χ3n) is 5.38. The van der Waals surface area contributed by atoms with E-state index in [9.17, 15) is 4.79 Å². The van der Waals surface area contributed by atoms with Crippen LogP contribution in [0.25, 0.3) is 20.5 Å². The fourth-order valence-electron chi connectivity index (χ4n) is 3.63. The number of carbonyl (C=O) groups excluding carboxylic acids is 1. The molecule has 9 heteroatoms. The predicted octanol–water partition coefficient (Wildman–Crippen LogP) is 4.96. The number of carbonyl (C=O) groups is 1. The number of thiazole rings is 2. The lowest BCUT2D eigenvalue weighted by atomic mass is 10.2. The maximum Gasteiger partial charge on any atom is 0.265 e. The summed E-state index contributed by atoms with van der Waals surface area (Å²) in [5, 5.41) is 6.08. The van der Waals surface area contributed by atoms with Crippen molar-refractivity contribution in [3.05, 3.63) is 63.9 Å². The number of ether oxygens (including phenoxy) is 1. The summed E-state index contributed by atoms with van der Waals surface area (Å²) in [6, 6.07) is 12.0. The minimum absolute atomic E-state index is 0.0837. The zero-order chi connectivity index (χ0) is 21.9. The molecular formula is C23H22N4O2S3. The van der Waals surface area contributed by atoms with Crippen LogP contribution in [0.15, 0.2) is 53.4 Å². The number of benzene rings is 1. The average molecular weight is 483 g/mol. The van der Waals surface area contributed by atoms with Crippen LogP contribution in [0, 0.1) is 0 Å². The lowest BCUT2D eigenvalue weighted by Crippen LogP contribution is -2.48. The van der Waals surface area contributed by atoms with Crippen molar-refractivity contribution >= 4 is 39.9 Å². The van der Waals surface area contributed by atoms with Crippen LogP contribution in [0.2, 0.25) is 0 Å². The van der Waals surface area contributed by atoms with Crippen LogP contribution in [0.5, 0.6) is 5.75 Å². The number of methoxy groups -OCH3 is 1. The Labute approximate surface area is 198 Å². The number of hydrogen-bond acceptors (Lipinski definition) is 8. The number of rotatable bonds is 6. The fraction of sp³-hybridized carbons (Fsp3) is 0.261. The summed E-state index contributed by atoms with van der Waals surface area (Å²) < 4.78 is 5.23. The molecule has 5 rings (SSSR count). The SMILES string of the molecule is COc1ccc(-c2nc(CN3CCN(C(=O)c4cnc(-c5cccs5)s4)CC3)cs2)cc1. The molecule has 0 spiro atoms. The van der Waals surface area contributed by atoms with Crippen LogP contribution in [-0.4, -0.2) is 59.0 Å². The van der Waals surface area contributed by atoms with E-state index < -0.39 is 0 Å². The summed E-state index contributed by atoms with van der Waals surface area (Å²) in [5.41, 5.74) is 2.17. The molecule has 4 aromatic rings. The Hall–Kier alpha value is -2.59. The van der Waals surface area contributed by atoms with Gasteiger partial charge in [0.1, 0.15) is 20.6 Å². The van der Waals surface area contributed by atoms with Crippen molar-refractivity contribution in [3.8, 4) is 26.2 Å². The third kappa shape index (κ3) is 4.61. The second-order valence-corrected chi connectivity index (χ2v) is 10.3. The largest absolute Gasteiger partial charge is 0.497 e. The summed E-state index contributed by atoms with van der Waals surface area (Å²) >= 11 is 4.78. The highest BCUT2D eigenvalue weighted by atomic mass is 32.1. The van der Waals surface area contributed by atoms with Gasteiger partial charge in [-0.2, -0.15) is 0 Å². The molecule has 32 heavy (non-hydrogen) atoms. The number of nitrogens with zero attached hydrogens (tertiary/aromatic N) is 4. The minimum Gasteiger partial charge on any atom is -0.497 e. The van der Waals surface area contributed by atoms with E-state index in [1.165, 1.54) is 11.3 Å². The molecule has 1 aliphatic heterocycles. The highest BCUT2D eigenvalue weighted by Gasteiger charge is 2.24. The van der Waals surface area contributed by atoms with Crippen molar-refractivity contribution in [2.24, 2.45) is 0 Å². The first kappa shape index (κ1) is 21.3. The molecule has 164 valence electrons. The summed E-state index contributed by atoms with van der Waals surface area (Å²) in [5.74, 6) is 0.930. The Kier molecular flexibility index (Phi) is 6.31. The van der Waals surface area contributed by atoms with Gasteiger partial charge in [0.25, 0.3) is 5.91 Å². The molecule has 0 saturated carbocycles. The lowest BCUT2D eigenvalue weighted by Gasteiger charge is -2.34. The van der Waals surface area contributed by atoms with Gasteiger partial charge in [-0.15, -0.1) is 34.0 Å². The van der Waals surface area contributed by atoms with Crippen LogP contribution < -0.4 is 4.74 Å². The molecule has 6 nitrogen and oxygen atoms in total. The molecule has 0 aliphatic carbocycles.